The number of rotatable bonds is 3. The first kappa shape index (κ1) is 16.3. The van der Waals surface area contributed by atoms with Gasteiger partial charge in [-0.1, -0.05) is 11.6 Å². The average molecular weight is 322 g/mol. The molecule has 0 bridgehead atoms. The van der Waals surface area contributed by atoms with E-state index in [0.29, 0.717) is 35.9 Å². The summed E-state index contributed by atoms with van der Waals surface area (Å²) in [7, 11) is 0. The van der Waals surface area contributed by atoms with Crippen LogP contribution in [0.5, 0.6) is 0 Å². The van der Waals surface area contributed by atoms with Gasteiger partial charge in [0.1, 0.15) is 6.07 Å². The van der Waals surface area contributed by atoms with Gasteiger partial charge in [-0.2, -0.15) is 5.26 Å². The Bertz CT molecular complexity index is 618. The lowest BCUT2D eigenvalue weighted by molar-refractivity contribution is -0.895. The van der Waals surface area contributed by atoms with Gasteiger partial charge in [0.2, 0.25) is 5.91 Å². The van der Waals surface area contributed by atoms with Crippen LogP contribution in [-0.4, -0.2) is 49.4 Å². The summed E-state index contributed by atoms with van der Waals surface area (Å²) < 4.78 is 0. The van der Waals surface area contributed by atoms with Crippen molar-refractivity contribution in [2.45, 2.75) is 6.92 Å². The van der Waals surface area contributed by atoms with Crippen LogP contribution < -0.4 is 10.2 Å². The van der Waals surface area contributed by atoms with Gasteiger partial charge in [-0.05, 0) is 18.2 Å². The second-order valence-corrected chi connectivity index (χ2v) is 5.72. The predicted molar refractivity (Wildman–Crippen MR) is 82.6 cm³/mol. The minimum Gasteiger partial charge on any atom is -0.332 e. The second kappa shape index (κ2) is 7.25. The number of nitrogens with one attached hydrogen (secondary N) is 2. The first-order valence-electron chi connectivity index (χ1n) is 7.08. The maximum absolute atomic E-state index is 12.1. The standard InChI is InChI=1S/C15H17ClN4O2/c1-11(21)20-6-4-19(5-7-20)10-15(22)18-14-8-13(16)3-2-12(14)9-17/h2-3,8H,4-7,10H2,1H3,(H,18,22)/p+1. The smallest absolute Gasteiger partial charge is 0.279 e. The lowest BCUT2D eigenvalue weighted by Gasteiger charge is -2.31. The van der Waals surface area contributed by atoms with Crippen LogP contribution in [-0.2, 0) is 9.59 Å². The van der Waals surface area contributed by atoms with Gasteiger partial charge in [0.05, 0.1) is 37.4 Å². The molecular formula is C15H18ClN4O2+. The molecule has 1 fully saturated rings. The quantitative estimate of drug-likeness (QED) is 0.816. The number of nitrogens with zero attached hydrogens (tertiary/aromatic N) is 2. The number of carbonyl (C=O) groups is 2. The van der Waals surface area contributed by atoms with Gasteiger partial charge in [-0.15, -0.1) is 0 Å². The Hall–Kier alpha value is -2.10. The minimum atomic E-state index is -0.162. The number of quaternary nitrogens is 1. The van der Waals surface area contributed by atoms with Gasteiger partial charge in [-0.3, -0.25) is 9.59 Å². The van der Waals surface area contributed by atoms with Crippen LogP contribution in [0.4, 0.5) is 5.69 Å². The molecule has 0 aromatic heterocycles. The van der Waals surface area contributed by atoms with E-state index in [9.17, 15) is 9.59 Å². The Morgan fingerprint density at radius 2 is 2.09 bits per heavy atom. The maximum atomic E-state index is 12.1. The van der Waals surface area contributed by atoms with Crippen molar-refractivity contribution >= 4 is 29.1 Å². The molecule has 0 aliphatic carbocycles. The van der Waals surface area contributed by atoms with E-state index in [1.807, 2.05) is 6.07 Å². The van der Waals surface area contributed by atoms with Crippen molar-refractivity contribution in [3.63, 3.8) is 0 Å². The van der Waals surface area contributed by atoms with E-state index < -0.39 is 0 Å². The number of amides is 2. The molecule has 2 rings (SSSR count). The van der Waals surface area contributed by atoms with E-state index in [4.69, 9.17) is 16.9 Å². The summed E-state index contributed by atoms with van der Waals surface area (Å²) in [5.74, 6) is -0.0915. The number of nitriles is 1. The van der Waals surface area contributed by atoms with Gasteiger partial charge in [0, 0.05) is 11.9 Å². The number of halogens is 1. The van der Waals surface area contributed by atoms with Crippen LogP contribution >= 0.6 is 11.6 Å². The first-order valence-corrected chi connectivity index (χ1v) is 7.46. The fourth-order valence-corrected chi connectivity index (χ4v) is 2.63. The summed E-state index contributed by atoms with van der Waals surface area (Å²) in [6, 6.07) is 6.79. The Kier molecular flexibility index (Phi) is 5.36. The molecule has 6 nitrogen and oxygen atoms in total. The van der Waals surface area contributed by atoms with Crippen molar-refractivity contribution in [3.8, 4) is 6.07 Å². The molecule has 116 valence electrons. The highest BCUT2D eigenvalue weighted by Crippen LogP contribution is 2.20. The average Bonchev–Trinajstić information content (AvgIpc) is 2.48. The fraction of sp³-hybridized carbons (Fsp3) is 0.400. The third-order valence-corrected chi connectivity index (χ3v) is 3.94. The van der Waals surface area contributed by atoms with Gasteiger partial charge >= 0.3 is 0 Å². The molecular weight excluding hydrogens is 304 g/mol. The van der Waals surface area contributed by atoms with E-state index in [2.05, 4.69) is 5.32 Å². The van der Waals surface area contributed by atoms with Crippen LogP contribution in [0.25, 0.3) is 0 Å². The topological polar surface area (TPSA) is 77.6 Å². The van der Waals surface area contributed by atoms with Crippen molar-refractivity contribution < 1.29 is 14.5 Å². The predicted octanol–water partition coefficient (Wildman–Crippen LogP) is -0.103. The van der Waals surface area contributed by atoms with E-state index in [1.54, 1.807) is 30.0 Å². The van der Waals surface area contributed by atoms with Crippen molar-refractivity contribution in [2.75, 3.05) is 38.0 Å². The zero-order valence-electron chi connectivity index (χ0n) is 12.4. The van der Waals surface area contributed by atoms with E-state index >= 15 is 0 Å². The van der Waals surface area contributed by atoms with Crippen molar-refractivity contribution in [2.24, 2.45) is 0 Å². The summed E-state index contributed by atoms with van der Waals surface area (Å²) in [5.41, 5.74) is 0.816. The molecule has 2 N–H and O–H groups in total. The zero-order chi connectivity index (χ0) is 16.1. The summed E-state index contributed by atoms with van der Waals surface area (Å²) in [6.07, 6.45) is 0. The molecule has 1 aliphatic rings. The Morgan fingerprint density at radius 1 is 1.41 bits per heavy atom. The molecule has 1 aromatic rings. The SMILES string of the molecule is CC(=O)N1CC[NH+](CC(=O)Nc2cc(Cl)ccc2C#N)CC1. The van der Waals surface area contributed by atoms with Crippen molar-refractivity contribution in [1.29, 1.82) is 5.26 Å². The zero-order valence-corrected chi connectivity index (χ0v) is 13.1. The van der Waals surface area contributed by atoms with Gasteiger partial charge in [0.15, 0.2) is 6.54 Å². The molecule has 1 aromatic carbocycles. The third kappa shape index (κ3) is 4.20. The molecule has 0 unspecified atom stereocenters. The normalized spacial score (nSPS) is 15.2. The molecule has 2 amide bonds. The Morgan fingerprint density at radius 3 is 2.68 bits per heavy atom. The van der Waals surface area contributed by atoms with Gasteiger partial charge < -0.3 is 15.1 Å². The maximum Gasteiger partial charge on any atom is 0.279 e. The monoisotopic (exact) mass is 321 g/mol. The molecule has 22 heavy (non-hydrogen) atoms. The van der Waals surface area contributed by atoms with Crippen LogP contribution in [0, 0.1) is 11.3 Å². The molecule has 1 saturated heterocycles. The number of benzene rings is 1. The highest BCUT2D eigenvalue weighted by molar-refractivity contribution is 6.31. The van der Waals surface area contributed by atoms with Crippen LogP contribution in [0.2, 0.25) is 5.02 Å². The molecule has 1 heterocycles. The highest BCUT2D eigenvalue weighted by Gasteiger charge is 2.23. The summed E-state index contributed by atoms with van der Waals surface area (Å²) in [6.45, 7) is 4.68. The van der Waals surface area contributed by atoms with Gasteiger partial charge in [0.25, 0.3) is 5.91 Å². The molecule has 0 atom stereocenters. The van der Waals surface area contributed by atoms with E-state index in [0.717, 1.165) is 18.0 Å². The van der Waals surface area contributed by atoms with Gasteiger partial charge in [-0.25, -0.2) is 0 Å². The second-order valence-electron chi connectivity index (χ2n) is 5.28. The largest absolute Gasteiger partial charge is 0.332 e. The number of hydrogen-bond donors (Lipinski definition) is 2. The summed E-state index contributed by atoms with van der Waals surface area (Å²) in [5, 5.41) is 12.2. The van der Waals surface area contributed by atoms with E-state index in [1.165, 1.54) is 0 Å². The Labute approximate surface area is 134 Å². The van der Waals surface area contributed by atoms with Crippen molar-refractivity contribution in [3.05, 3.63) is 28.8 Å². The van der Waals surface area contributed by atoms with Crippen molar-refractivity contribution in [1.82, 2.24) is 4.90 Å². The first-order chi connectivity index (χ1) is 10.5. The molecule has 7 heteroatoms. The number of piperazine rings is 1. The van der Waals surface area contributed by atoms with E-state index in [-0.39, 0.29) is 11.8 Å². The summed E-state index contributed by atoms with van der Waals surface area (Å²) >= 11 is 5.89. The minimum absolute atomic E-state index is 0.0705. The van der Waals surface area contributed by atoms with Crippen LogP contribution in [0.1, 0.15) is 12.5 Å². The van der Waals surface area contributed by atoms with Crippen LogP contribution in [0.15, 0.2) is 18.2 Å². The lowest BCUT2D eigenvalue weighted by Crippen LogP contribution is -3.15. The third-order valence-electron chi connectivity index (χ3n) is 3.70. The fourth-order valence-electron chi connectivity index (χ4n) is 2.45. The number of anilines is 1. The number of carbonyl (C=O) groups excluding carboxylic acids is 2. The molecule has 0 spiro atoms. The molecule has 1 aliphatic heterocycles. The molecule has 0 saturated carbocycles. The molecule has 0 radical (unpaired) electrons. The highest BCUT2D eigenvalue weighted by atomic mass is 35.5. The number of hydrogen-bond acceptors (Lipinski definition) is 3. The lowest BCUT2D eigenvalue weighted by atomic mass is 10.2. The summed E-state index contributed by atoms with van der Waals surface area (Å²) in [4.78, 5) is 26.3. The van der Waals surface area contributed by atoms with Crippen LogP contribution in [0.3, 0.4) is 0 Å². The Balaban J connectivity index is 1.90.